The highest BCUT2D eigenvalue weighted by Crippen LogP contribution is 2.34. The fraction of sp³-hybridized carbons (Fsp3) is 0.273. The molecule has 1 saturated heterocycles. The minimum absolute atomic E-state index is 0.0427. The summed E-state index contributed by atoms with van der Waals surface area (Å²) < 4.78 is 7.94. The van der Waals surface area contributed by atoms with Crippen LogP contribution in [-0.4, -0.2) is 11.9 Å². The Morgan fingerprint density at radius 3 is 2.24 bits per heavy atom. The van der Waals surface area contributed by atoms with Crippen LogP contribution in [0.1, 0.15) is 24.3 Å². The number of esters is 2. The number of rotatable bonds is 1. The van der Waals surface area contributed by atoms with Crippen molar-refractivity contribution >= 4 is 79.7 Å². The van der Waals surface area contributed by atoms with Crippen molar-refractivity contribution in [2.24, 2.45) is 0 Å². The first-order valence-electron chi connectivity index (χ1n) is 4.85. The minimum atomic E-state index is -0.420. The van der Waals surface area contributed by atoms with Crippen LogP contribution in [0.5, 0.6) is 0 Å². The van der Waals surface area contributed by atoms with Gasteiger partial charge in [0, 0.05) is 16.6 Å². The lowest BCUT2D eigenvalue weighted by Gasteiger charge is -2.22. The molecule has 0 N–H and O–H groups in total. The molecule has 1 aliphatic rings. The van der Waals surface area contributed by atoms with E-state index in [2.05, 4.69) is 78.6 Å². The molecule has 3 nitrogen and oxygen atoms in total. The molecular weight excluding hydrogens is 561 g/mol. The van der Waals surface area contributed by atoms with E-state index in [1.807, 2.05) is 6.07 Å². The van der Waals surface area contributed by atoms with Crippen LogP contribution in [0.2, 0.25) is 0 Å². The van der Waals surface area contributed by atoms with Gasteiger partial charge in [0.05, 0.1) is 12.8 Å². The first kappa shape index (κ1) is 14.0. The average Bonchev–Trinajstić information content (AvgIpc) is 2.22. The molecule has 1 fully saturated rings. The van der Waals surface area contributed by atoms with Crippen molar-refractivity contribution in [2.45, 2.75) is 18.8 Å². The van der Waals surface area contributed by atoms with E-state index < -0.39 is 11.9 Å². The molecule has 90 valence electrons. The Hall–Kier alpha value is 0.550. The molecule has 1 aliphatic heterocycles. The number of hydrogen-bond acceptors (Lipinski definition) is 3. The van der Waals surface area contributed by atoms with Crippen LogP contribution in [0.3, 0.4) is 0 Å². The Labute approximate surface area is 139 Å². The van der Waals surface area contributed by atoms with Crippen molar-refractivity contribution < 1.29 is 14.3 Å². The minimum Gasteiger partial charge on any atom is -0.393 e. The molecule has 0 bridgehead atoms. The number of carbonyl (C=O) groups excluding carboxylic acids is 2. The summed E-state index contributed by atoms with van der Waals surface area (Å²) in [5.41, 5.74) is 1.08. The SMILES string of the molecule is O=C1CC(c2cc(I)cc(I)c2I)CC(=O)O1. The van der Waals surface area contributed by atoms with Gasteiger partial charge in [0.15, 0.2) is 0 Å². The highest BCUT2D eigenvalue weighted by molar-refractivity contribution is 14.1. The van der Waals surface area contributed by atoms with Gasteiger partial charge >= 0.3 is 11.9 Å². The van der Waals surface area contributed by atoms with Gasteiger partial charge in [-0.1, -0.05) is 0 Å². The number of halogens is 3. The molecule has 17 heavy (non-hydrogen) atoms. The molecule has 0 spiro atoms. The van der Waals surface area contributed by atoms with E-state index in [1.165, 1.54) is 0 Å². The zero-order valence-corrected chi connectivity index (χ0v) is 15.0. The summed E-state index contributed by atoms with van der Waals surface area (Å²) in [6, 6.07) is 4.12. The van der Waals surface area contributed by atoms with Gasteiger partial charge in [-0.05, 0) is 85.5 Å². The highest BCUT2D eigenvalue weighted by atomic mass is 127. The van der Waals surface area contributed by atoms with Crippen molar-refractivity contribution in [2.75, 3.05) is 0 Å². The first-order valence-corrected chi connectivity index (χ1v) is 8.09. The van der Waals surface area contributed by atoms with Gasteiger partial charge < -0.3 is 4.74 Å². The zero-order valence-electron chi connectivity index (χ0n) is 8.50. The molecule has 0 unspecified atom stereocenters. The maximum absolute atomic E-state index is 11.3. The van der Waals surface area contributed by atoms with Gasteiger partial charge in [-0.25, -0.2) is 0 Å². The summed E-state index contributed by atoms with van der Waals surface area (Å²) in [5, 5.41) is 0. The van der Waals surface area contributed by atoms with E-state index >= 15 is 0 Å². The summed E-state index contributed by atoms with van der Waals surface area (Å²) in [7, 11) is 0. The van der Waals surface area contributed by atoms with E-state index in [9.17, 15) is 9.59 Å². The largest absolute Gasteiger partial charge is 0.393 e. The fourth-order valence-corrected chi connectivity index (χ4v) is 4.42. The van der Waals surface area contributed by atoms with Crippen LogP contribution >= 0.6 is 67.8 Å². The van der Waals surface area contributed by atoms with Gasteiger partial charge in [-0.2, -0.15) is 0 Å². The van der Waals surface area contributed by atoms with Crippen LogP contribution < -0.4 is 0 Å². The smallest absolute Gasteiger partial charge is 0.314 e. The summed E-state index contributed by atoms with van der Waals surface area (Å²) in [5.74, 6) is -0.884. The Balaban J connectivity index is 2.39. The molecule has 0 aliphatic carbocycles. The third-order valence-electron chi connectivity index (χ3n) is 2.51. The monoisotopic (exact) mass is 568 g/mol. The zero-order chi connectivity index (χ0) is 12.6. The topological polar surface area (TPSA) is 43.4 Å². The molecule has 6 heteroatoms. The molecule has 0 aromatic heterocycles. The summed E-state index contributed by atoms with van der Waals surface area (Å²) in [6.45, 7) is 0. The Kier molecular flexibility index (Phi) is 4.67. The van der Waals surface area contributed by atoms with Gasteiger partial charge in [0.2, 0.25) is 0 Å². The molecule has 0 atom stereocenters. The molecular formula is C11H7I3O3. The Morgan fingerprint density at radius 1 is 1.06 bits per heavy atom. The van der Waals surface area contributed by atoms with Crippen molar-refractivity contribution in [3.8, 4) is 0 Å². The molecule has 0 radical (unpaired) electrons. The lowest BCUT2D eigenvalue weighted by molar-refractivity contribution is -0.163. The third kappa shape index (κ3) is 3.31. The predicted octanol–water partition coefficient (Wildman–Crippen LogP) is 3.45. The van der Waals surface area contributed by atoms with Gasteiger partial charge in [-0.15, -0.1) is 0 Å². The van der Waals surface area contributed by atoms with Gasteiger partial charge in [0.1, 0.15) is 0 Å². The first-order chi connectivity index (χ1) is 7.97. The molecule has 2 rings (SSSR count). The third-order valence-corrected chi connectivity index (χ3v) is 6.22. The Bertz CT molecular complexity index is 483. The predicted molar refractivity (Wildman–Crippen MR) is 87.7 cm³/mol. The second-order valence-corrected chi connectivity index (χ2v) is 7.23. The number of benzene rings is 1. The summed E-state index contributed by atoms with van der Waals surface area (Å²) in [6.07, 6.45) is 0.579. The van der Waals surface area contributed by atoms with Crippen LogP contribution in [-0.2, 0) is 14.3 Å². The van der Waals surface area contributed by atoms with E-state index in [-0.39, 0.29) is 18.8 Å². The second-order valence-electron chi connectivity index (χ2n) is 3.74. The van der Waals surface area contributed by atoms with Crippen molar-refractivity contribution in [1.29, 1.82) is 0 Å². The average molecular weight is 568 g/mol. The van der Waals surface area contributed by atoms with Crippen molar-refractivity contribution in [3.63, 3.8) is 0 Å². The van der Waals surface area contributed by atoms with Crippen LogP contribution in [0.25, 0.3) is 0 Å². The quantitative estimate of drug-likeness (QED) is 0.226. The number of ether oxygens (including phenoxy) is 1. The second kappa shape index (κ2) is 5.68. The molecule has 0 saturated carbocycles. The van der Waals surface area contributed by atoms with E-state index in [0.717, 1.165) is 16.3 Å². The van der Waals surface area contributed by atoms with Gasteiger partial charge in [-0.3, -0.25) is 9.59 Å². The van der Waals surface area contributed by atoms with Crippen LogP contribution in [0.15, 0.2) is 12.1 Å². The Morgan fingerprint density at radius 2 is 1.65 bits per heavy atom. The summed E-state index contributed by atoms with van der Waals surface area (Å²) in [4.78, 5) is 22.6. The maximum Gasteiger partial charge on any atom is 0.314 e. The summed E-state index contributed by atoms with van der Waals surface area (Å²) >= 11 is 6.78. The normalized spacial score (nSPS) is 17.1. The molecule has 1 heterocycles. The van der Waals surface area contributed by atoms with Crippen LogP contribution in [0.4, 0.5) is 0 Å². The number of hydrogen-bond donors (Lipinski definition) is 0. The molecule has 1 aromatic carbocycles. The fourth-order valence-electron chi connectivity index (χ4n) is 1.78. The van der Waals surface area contributed by atoms with Crippen molar-refractivity contribution in [1.82, 2.24) is 0 Å². The van der Waals surface area contributed by atoms with Crippen molar-refractivity contribution in [3.05, 3.63) is 28.4 Å². The standard InChI is InChI=1S/C11H7I3O3/c12-6-3-7(11(14)8(13)4-6)5-1-9(15)17-10(16)2-5/h3-5H,1-2H2. The highest BCUT2D eigenvalue weighted by Gasteiger charge is 2.30. The lowest BCUT2D eigenvalue weighted by Crippen LogP contribution is -2.24. The number of cyclic esters (lactones) is 2. The van der Waals surface area contributed by atoms with E-state index in [4.69, 9.17) is 0 Å². The van der Waals surface area contributed by atoms with E-state index in [1.54, 1.807) is 0 Å². The van der Waals surface area contributed by atoms with Gasteiger partial charge in [0.25, 0.3) is 0 Å². The van der Waals surface area contributed by atoms with E-state index in [0.29, 0.717) is 0 Å². The molecule has 0 amide bonds. The molecule has 1 aromatic rings. The maximum atomic E-state index is 11.3. The number of carbonyl (C=O) groups is 2. The van der Waals surface area contributed by atoms with Crippen LogP contribution in [0, 0.1) is 10.7 Å². The lowest BCUT2D eigenvalue weighted by atomic mass is 9.91.